The Bertz CT molecular complexity index is 166. The first-order valence-corrected chi connectivity index (χ1v) is 3.66. The first-order valence-electron chi connectivity index (χ1n) is 3.66. The van der Waals surface area contributed by atoms with Crippen molar-refractivity contribution in [1.29, 1.82) is 0 Å². The average molecular weight is 137 g/mol. The van der Waals surface area contributed by atoms with Crippen LogP contribution in [0.15, 0.2) is 24.4 Å². The van der Waals surface area contributed by atoms with E-state index in [-0.39, 0.29) is 0 Å². The third-order valence-electron chi connectivity index (χ3n) is 1.66. The van der Waals surface area contributed by atoms with E-state index in [2.05, 4.69) is 50.2 Å². The predicted molar refractivity (Wildman–Crippen MR) is 44.7 cm³/mol. The number of nitrogens with zero attached hydrogens (tertiary/aromatic N) is 1. The van der Waals surface area contributed by atoms with Gasteiger partial charge in [-0.1, -0.05) is 26.0 Å². The van der Waals surface area contributed by atoms with Gasteiger partial charge in [0.05, 0.1) is 0 Å². The Labute approximate surface area is 63.0 Å². The van der Waals surface area contributed by atoms with E-state index in [9.17, 15) is 0 Å². The molecular weight excluding hydrogens is 122 g/mol. The predicted octanol–water partition coefficient (Wildman–Crippen LogP) is 2.03. The summed E-state index contributed by atoms with van der Waals surface area (Å²) >= 11 is 0. The van der Waals surface area contributed by atoms with Crippen LogP contribution in [0.25, 0.3) is 0 Å². The second-order valence-electron chi connectivity index (χ2n) is 3.60. The summed E-state index contributed by atoms with van der Waals surface area (Å²) in [5, 5.41) is 0. The molecule has 1 rings (SSSR count). The molecule has 0 saturated carbocycles. The minimum atomic E-state index is 0.318. The van der Waals surface area contributed by atoms with Gasteiger partial charge in [0.25, 0.3) is 0 Å². The molecule has 0 unspecified atom stereocenters. The van der Waals surface area contributed by atoms with E-state index in [4.69, 9.17) is 0 Å². The van der Waals surface area contributed by atoms with Crippen LogP contribution >= 0.6 is 0 Å². The first kappa shape index (κ1) is 7.39. The molecular formula is C9H15N. The van der Waals surface area contributed by atoms with Gasteiger partial charge in [-0.25, -0.2) is 0 Å². The lowest BCUT2D eigenvalue weighted by Crippen LogP contribution is -2.24. The SMILES string of the molecule is CN1C=CC=CC(C)(C)C1. The first-order chi connectivity index (χ1) is 4.60. The molecule has 1 aliphatic heterocycles. The smallest absolute Gasteiger partial charge is 0.0255 e. The van der Waals surface area contributed by atoms with Crippen molar-refractivity contribution in [2.45, 2.75) is 13.8 Å². The van der Waals surface area contributed by atoms with Crippen LogP contribution in [0, 0.1) is 5.41 Å². The summed E-state index contributed by atoms with van der Waals surface area (Å²) in [6.45, 7) is 5.58. The summed E-state index contributed by atoms with van der Waals surface area (Å²) in [7, 11) is 2.10. The van der Waals surface area contributed by atoms with Gasteiger partial charge in [-0.2, -0.15) is 0 Å². The second-order valence-corrected chi connectivity index (χ2v) is 3.60. The quantitative estimate of drug-likeness (QED) is 0.494. The van der Waals surface area contributed by atoms with Crippen molar-refractivity contribution >= 4 is 0 Å². The molecule has 10 heavy (non-hydrogen) atoms. The van der Waals surface area contributed by atoms with E-state index in [1.165, 1.54) is 0 Å². The van der Waals surface area contributed by atoms with Gasteiger partial charge < -0.3 is 4.90 Å². The number of rotatable bonds is 0. The molecule has 0 N–H and O–H groups in total. The van der Waals surface area contributed by atoms with Crippen LogP contribution in [-0.4, -0.2) is 18.5 Å². The maximum Gasteiger partial charge on any atom is 0.0255 e. The molecule has 0 saturated heterocycles. The van der Waals surface area contributed by atoms with Crippen LogP contribution in [0.2, 0.25) is 0 Å². The van der Waals surface area contributed by atoms with Gasteiger partial charge in [0.2, 0.25) is 0 Å². The Morgan fingerprint density at radius 3 is 2.70 bits per heavy atom. The number of allylic oxidation sites excluding steroid dienone is 2. The fourth-order valence-electron chi connectivity index (χ4n) is 1.26. The molecule has 0 amide bonds. The van der Waals surface area contributed by atoms with Gasteiger partial charge in [0, 0.05) is 19.0 Å². The molecule has 0 atom stereocenters. The molecule has 1 aliphatic rings. The highest BCUT2D eigenvalue weighted by molar-refractivity contribution is 5.10. The van der Waals surface area contributed by atoms with Crippen molar-refractivity contribution < 1.29 is 0 Å². The standard InChI is InChI=1S/C9H15N/c1-9(2)6-4-5-7-10(3)8-9/h4-7H,8H2,1-3H3. The Hall–Kier alpha value is -0.720. The summed E-state index contributed by atoms with van der Waals surface area (Å²) in [5.41, 5.74) is 0.318. The Kier molecular flexibility index (Phi) is 1.84. The van der Waals surface area contributed by atoms with E-state index in [1.807, 2.05) is 0 Å². The number of hydrogen-bond donors (Lipinski definition) is 0. The average Bonchev–Trinajstić information content (AvgIpc) is 1.90. The van der Waals surface area contributed by atoms with Crippen LogP contribution in [0.5, 0.6) is 0 Å². The Morgan fingerprint density at radius 1 is 1.30 bits per heavy atom. The fraction of sp³-hybridized carbons (Fsp3) is 0.556. The van der Waals surface area contributed by atoms with Gasteiger partial charge in [0.15, 0.2) is 0 Å². The topological polar surface area (TPSA) is 3.24 Å². The van der Waals surface area contributed by atoms with Gasteiger partial charge in [-0.15, -0.1) is 0 Å². The van der Waals surface area contributed by atoms with Crippen molar-refractivity contribution in [3.63, 3.8) is 0 Å². The Morgan fingerprint density at radius 2 is 2.00 bits per heavy atom. The number of hydrogen-bond acceptors (Lipinski definition) is 1. The zero-order valence-corrected chi connectivity index (χ0v) is 6.96. The highest BCUT2D eigenvalue weighted by atomic mass is 15.1. The molecule has 0 aromatic heterocycles. The van der Waals surface area contributed by atoms with E-state index in [0.717, 1.165) is 6.54 Å². The summed E-state index contributed by atoms with van der Waals surface area (Å²) in [6, 6.07) is 0. The minimum Gasteiger partial charge on any atom is -0.380 e. The molecule has 0 radical (unpaired) electrons. The van der Waals surface area contributed by atoms with Gasteiger partial charge in [0.1, 0.15) is 0 Å². The van der Waals surface area contributed by atoms with Crippen LogP contribution in [0.3, 0.4) is 0 Å². The van der Waals surface area contributed by atoms with E-state index in [0.29, 0.717) is 5.41 Å². The maximum absolute atomic E-state index is 2.24. The summed E-state index contributed by atoms with van der Waals surface area (Å²) in [6.07, 6.45) is 8.54. The molecule has 1 heteroatoms. The maximum atomic E-state index is 2.24. The van der Waals surface area contributed by atoms with Gasteiger partial charge >= 0.3 is 0 Å². The molecule has 0 aromatic carbocycles. The minimum absolute atomic E-state index is 0.318. The molecule has 0 fully saturated rings. The van der Waals surface area contributed by atoms with Crippen molar-refractivity contribution in [2.24, 2.45) is 5.41 Å². The van der Waals surface area contributed by atoms with Crippen LogP contribution in [0.1, 0.15) is 13.8 Å². The highest BCUT2D eigenvalue weighted by Gasteiger charge is 2.15. The van der Waals surface area contributed by atoms with Gasteiger partial charge in [-0.3, -0.25) is 0 Å². The molecule has 56 valence electrons. The lowest BCUT2D eigenvalue weighted by atomic mass is 9.93. The van der Waals surface area contributed by atoms with Crippen LogP contribution < -0.4 is 0 Å². The van der Waals surface area contributed by atoms with E-state index in [1.54, 1.807) is 0 Å². The summed E-state index contributed by atoms with van der Waals surface area (Å²) in [4.78, 5) is 2.21. The van der Waals surface area contributed by atoms with Crippen molar-refractivity contribution in [1.82, 2.24) is 4.90 Å². The monoisotopic (exact) mass is 137 g/mol. The van der Waals surface area contributed by atoms with Crippen molar-refractivity contribution in [3.8, 4) is 0 Å². The van der Waals surface area contributed by atoms with Crippen molar-refractivity contribution in [3.05, 3.63) is 24.4 Å². The third kappa shape index (κ3) is 1.90. The van der Waals surface area contributed by atoms with E-state index >= 15 is 0 Å². The largest absolute Gasteiger partial charge is 0.380 e. The Balaban J connectivity index is 2.69. The lowest BCUT2D eigenvalue weighted by Gasteiger charge is -2.24. The molecule has 0 bridgehead atoms. The van der Waals surface area contributed by atoms with Crippen LogP contribution in [0.4, 0.5) is 0 Å². The summed E-state index contributed by atoms with van der Waals surface area (Å²) in [5.74, 6) is 0. The fourth-order valence-corrected chi connectivity index (χ4v) is 1.26. The lowest BCUT2D eigenvalue weighted by molar-refractivity contribution is 0.323. The van der Waals surface area contributed by atoms with E-state index < -0.39 is 0 Å². The zero-order chi connectivity index (χ0) is 7.61. The van der Waals surface area contributed by atoms with Gasteiger partial charge in [-0.05, 0) is 12.3 Å². The molecule has 0 spiro atoms. The molecule has 0 aromatic rings. The highest BCUT2D eigenvalue weighted by Crippen LogP contribution is 2.20. The normalized spacial score (nSPS) is 22.9. The zero-order valence-electron chi connectivity index (χ0n) is 6.96. The molecule has 1 heterocycles. The molecule has 1 nitrogen and oxygen atoms in total. The van der Waals surface area contributed by atoms with Crippen LogP contribution in [-0.2, 0) is 0 Å². The molecule has 0 aliphatic carbocycles. The van der Waals surface area contributed by atoms with Crippen molar-refractivity contribution in [2.75, 3.05) is 13.6 Å². The summed E-state index contributed by atoms with van der Waals surface area (Å²) < 4.78 is 0. The third-order valence-corrected chi connectivity index (χ3v) is 1.66. The second kappa shape index (κ2) is 2.49.